The summed E-state index contributed by atoms with van der Waals surface area (Å²) < 4.78 is 0. The normalized spacial score (nSPS) is 16.0. The van der Waals surface area contributed by atoms with Gasteiger partial charge in [0.1, 0.15) is 5.82 Å². The number of pyridine rings is 2. The van der Waals surface area contributed by atoms with Gasteiger partial charge < -0.3 is 21.4 Å². The van der Waals surface area contributed by atoms with E-state index in [0.29, 0.717) is 17.1 Å². The number of nitrogen functional groups attached to an aromatic ring is 1. The van der Waals surface area contributed by atoms with E-state index in [1.165, 1.54) is 22.9 Å². The average molecular weight is 534 g/mol. The summed E-state index contributed by atoms with van der Waals surface area (Å²) in [6.07, 6.45) is 7.22. The Hall–Kier alpha value is -4.14. The number of nitrogens with one attached hydrogen (secondary N) is 2. The summed E-state index contributed by atoms with van der Waals surface area (Å²) in [5, 5.41) is 11.9. The van der Waals surface area contributed by atoms with Gasteiger partial charge in [-0.25, -0.2) is 9.97 Å². The fraction of sp³-hybridized carbons (Fsp3) is 0.312. The number of hydrogen-bond donors (Lipinski definition) is 3. The summed E-state index contributed by atoms with van der Waals surface area (Å²) in [6, 6.07) is 15.4. The van der Waals surface area contributed by atoms with E-state index in [9.17, 15) is 4.79 Å². The third-order valence-electron chi connectivity index (χ3n) is 8.19. The molecule has 1 aliphatic heterocycles. The molecular weight excluding hydrogens is 498 g/mol. The summed E-state index contributed by atoms with van der Waals surface area (Å²) in [5.74, 6) is 0.327. The second-order valence-corrected chi connectivity index (χ2v) is 10.9. The van der Waals surface area contributed by atoms with Gasteiger partial charge in [0, 0.05) is 72.9 Å². The highest BCUT2D eigenvalue weighted by molar-refractivity contribution is 6.06. The molecule has 6 rings (SSSR count). The van der Waals surface area contributed by atoms with Gasteiger partial charge in [0.15, 0.2) is 0 Å². The predicted molar refractivity (Wildman–Crippen MR) is 161 cm³/mol. The fourth-order valence-corrected chi connectivity index (χ4v) is 5.88. The molecule has 1 aliphatic carbocycles. The molecule has 1 fully saturated rings. The second-order valence-electron chi connectivity index (χ2n) is 10.9. The topological polar surface area (TPSA) is 111 Å². The minimum absolute atomic E-state index is 0.177. The van der Waals surface area contributed by atoms with Crippen LogP contribution in [0.15, 0.2) is 54.7 Å². The summed E-state index contributed by atoms with van der Waals surface area (Å²) in [5.41, 5.74) is 14.5. The van der Waals surface area contributed by atoms with Crippen molar-refractivity contribution in [3.05, 3.63) is 82.5 Å². The van der Waals surface area contributed by atoms with Crippen LogP contribution < -0.4 is 11.1 Å². The number of aryl methyl sites for hydroxylation is 1. The maximum absolute atomic E-state index is 12.9. The number of anilines is 2. The molecule has 8 heteroatoms. The van der Waals surface area contributed by atoms with Gasteiger partial charge in [-0.2, -0.15) is 0 Å². The van der Waals surface area contributed by atoms with Gasteiger partial charge in [0.05, 0.1) is 11.2 Å². The highest BCUT2D eigenvalue weighted by Gasteiger charge is 2.22. The van der Waals surface area contributed by atoms with Crippen molar-refractivity contribution >= 4 is 34.5 Å². The van der Waals surface area contributed by atoms with E-state index in [1.54, 1.807) is 6.20 Å². The van der Waals surface area contributed by atoms with Crippen molar-refractivity contribution in [1.82, 2.24) is 19.8 Å². The average Bonchev–Trinajstić information content (AvgIpc) is 2.99. The van der Waals surface area contributed by atoms with Gasteiger partial charge in [0.25, 0.3) is 5.91 Å². The molecule has 40 heavy (non-hydrogen) atoms. The van der Waals surface area contributed by atoms with Gasteiger partial charge in [-0.15, -0.1) is 0 Å². The Morgan fingerprint density at radius 2 is 1.75 bits per heavy atom. The Bertz CT molecular complexity index is 1560. The van der Waals surface area contributed by atoms with E-state index < -0.39 is 0 Å². The SMILES string of the molecule is CN1CCN(Cc2ccc(C(=O)Nc3ccc(-c4nc5ccc(N)c(C=N)c5c5c4CCCC5)cn3)cc2)CC1. The first-order valence-electron chi connectivity index (χ1n) is 14.0. The highest BCUT2D eigenvalue weighted by Crippen LogP contribution is 2.37. The Kier molecular flexibility index (Phi) is 7.28. The second kappa shape index (κ2) is 11.2. The fourth-order valence-electron chi connectivity index (χ4n) is 5.88. The van der Waals surface area contributed by atoms with Crippen LogP contribution in [0.3, 0.4) is 0 Å². The van der Waals surface area contributed by atoms with Gasteiger partial charge >= 0.3 is 0 Å². The largest absolute Gasteiger partial charge is 0.398 e. The molecule has 1 amide bonds. The molecule has 2 aromatic carbocycles. The van der Waals surface area contributed by atoms with Crippen LogP contribution in [0.4, 0.5) is 11.5 Å². The van der Waals surface area contributed by atoms with Crippen LogP contribution in [-0.2, 0) is 19.4 Å². The number of hydrogen-bond acceptors (Lipinski definition) is 7. The molecule has 8 nitrogen and oxygen atoms in total. The number of amides is 1. The number of likely N-dealkylation sites (N-methyl/N-ethyl adjacent to an activating group) is 1. The zero-order valence-electron chi connectivity index (χ0n) is 22.9. The van der Waals surface area contributed by atoms with Crippen molar-refractivity contribution in [2.75, 3.05) is 44.3 Å². The summed E-state index contributed by atoms with van der Waals surface area (Å²) >= 11 is 0. The lowest BCUT2D eigenvalue weighted by atomic mass is 9.85. The van der Waals surface area contributed by atoms with Crippen LogP contribution in [0.1, 0.15) is 45.5 Å². The molecule has 4 N–H and O–H groups in total. The van der Waals surface area contributed by atoms with Crippen LogP contribution in [0.5, 0.6) is 0 Å². The first-order chi connectivity index (χ1) is 19.5. The van der Waals surface area contributed by atoms with Gasteiger partial charge in [-0.1, -0.05) is 12.1 Å². The van der Waals surface area contributed by atoms with Crippen LogP contribution in [0.2, 0.25) is 0 Å². The highest BCUT2D eigenvalue weighted by atomic mass is 16.1. The number of fused-ring (bicyclic) bond motifs is 3. The first kappa shape index (κ1) is 26.1. The zero-order valence-corrected chi connectivity index (χ0v) is 22.9. The number of aromatic nitrogens is 2. The molecule has 0 unspecified atom stereocenters. The molecule has 0 bridgehead atoms. The number of nitrogens with zero attached hydrogens (tertiary/aromatic N) is 4. The van der Waals surface area contributed by atoms with Crippen molar-refractivity contribution in [3.8, 4) is 11.3 Å². The van der Waals surface area contributed by atoms with Crippen LogP contribution in [0, 0.1) is 5.41 Å². The maximum atomic E-state index is 12.9. The number of carbonyl (C=O) groups is 1. The predicted octanol–water partition coefficient (Wildman–Crippen LogP) is 4.76. The smallest absolute Gasteiger partial charge is 0.256 e. The molecule has 0 atom stereocenters. The van der Waals surface area contributed by atoms with E-state index in [2.05, 4.69) is 27.1 Å². The third kappa shape index (κ3) is 5.20. The Balaban J connectivity index is 1.19. The van der Waals surface area contributed by atoms with Crippen molar-refractivity contribution < 1.29 is 4.79 Å². The molecule has 0 radical (unpaired) electrons. The molecule has 0 spiro atoms. The van der Waals surface area contributed by atoms with Gasteiger partial charge in [-0.05, 0) is 85.8 Å². The van der Waals surface area contributed by atoms with Crippen LogP contribution >= 0.6 is 0 Å². The van der Waals surface area contributed by atoms with Crippen LogP contribution in [0.25, 0.3) is 22.2 Å². The van der Waals surface area contributed by atoms with E-state index in [-0.39, 0.29) is 5.91 Å². The molecule has 4 aromatic rings. The summed E-state index contributed by atoms with van der Waals surface area (Å²) in [6.45, 7) is 5.22. The van der Waals surface area contributed by atoms with Crippen molar-refractivity contribution in [2.45, 2.75) is 32.2 Å². The lowest BCUT2D eigenvalue weighted by molar-refractivity contribution is 0.102. The molecule has 3 heterocycles. The molecular formula is C32H35N7O. The number of benzene rings is 2. The number of nitrogens with two attached hydrogens (primary N) is 1. The molecule has 2 aromatic heterocycles. The molecule has 204 valence electrons. The lowest BCUT2D eigenvalue weighted by Crippen LogP contribution is -2.43. The van der Waals surface area contributed by atoms with Gasteiger partial charge in [0.2, 0.25) is 0 Å². The Labute approximate surface area is 234 Å². The number of piperazine rings is 1. The standard InChI is InChI=1S/C32H35N7O/c1-38-14-16-39(17-15-38)20-21-6-8-22(9-7-21)32(40)37-29-13-10-23(19-35-29)31-25-5-3-2-4-24(25)30-26(18-33)27(34)11-12-28(30)36-31/h6-13,18-19,33H,2-5,14-17,20,34H2,1H3,(H,35,37,40). The lowest BCUT2D eigenvalue weighted by Gasteiger charge is -2.32. The minimum atomic E-state index is -0.177. The monoisotopic (exact) mass is 533 g/mol. The van der Waals surface area contributed by atoms with Gasteiger partial charge in [-0.3, -0.25) is 9.69 Å². The minimum Gasteiger partial charge on any atom is -0.398 e. The first-order valence-corrected chi connectivity index (χ1v) is 14.0. The quantitative estimate of drug-likeness (QED) is 0.244. The van der Waals surface area contributed by atoms with E-state index in [1.807, 2.05) is 48.5 Å². The molecule has 1 saturated heterocycles. The summed E-state index contributed by atoms with van der Waals surface area (Å²) in [4.78, 5) is 27.3. The molecule has 2 aliphatic rings. The van der Waals surface area contributed by atoms with E-state index in [0.717, 1.165) is 86.1 Å². The Morgan fingerprint density at radius 3 is 2.45 bits per heavy atom. The van der Waals surface area contributed by atoms with Crippen molar-refractivity contribution in [3.63, 3.8) is 0 Å². The zero-order chi connectivity index (χ0) is 27.6. The maximum Gasteiger partial charge on any atom is 0.256 e. The summed E-state index contributed by atoms with van der Waals surface area (Å²) in [7, 11) is 2.16. The van der Waals surface area contributed by atoms with Crippen LogP contribution in [-0.4, -0.2) is 65.1 Å². The van der Waals surface area contributed by atoms with E-state index >= 15 is 0 Å². The number of rotatable bonds is 6. The number of carbonyl (C=O) groups excluding carboxylic acids is 1. The van der Waals surface area contributed by atoms with Crippen molar-refractivity contribution in [1.29, 1.82) is 5.41 Å². The van der Waals surface area contributed by atoms with Crippen molar-refractivity contribution in [2.24, 2.45) is 0 Å². The third-order valence-corrected chi connectivity index (χ3v) is 8.19. The Morgan fingerprint density at radius 1 is 1.00 bits per heavy atom. The molecule has 0 saturated carbocycles. The van der Waals surface area contributed by atoms with E-state index in [4.69, 9.17) is 16.1 Å².